The lowest BCUT2D eigenvalue weighted by Gasteiger charge is -2.13. The summed E-state index contributed by atoms with van der Waals surface area (Å²) in [6.07, 6.45) is -0.977. The second-order valence-electron chi connectivity index (χ2n) is 2.55. The molecule has 1 atom stereocenters. The fourth-order valence-electron chi connectivity index (χ4n) is 1.04. The van der Waals surface area contributed by atoms with E-state index in [1.807, 2.05) is 0 Å². The first-order chi connectivity index (χ1) is 6.06. The van der Waals surface area contributed by atoms with Crippen LogP contribution in [-0.2, 0) is 19.8 Å². The van der Waals surface area contributed by atoms with Crippen LogP contribution in [0.4, 0.5) is 4.39 Å². The lowest BCUT2D eigenvalue weighted by molar-refractivity contribution is -0.131. The highest BCUT2D eigenvalue weighted by atomic mass is 32.2. The highest BCUT2D eigenvalue weighted by molar-refractivity contribution is 7.87. The number of carbonyl (C=O) groups excluding carboxylic acids is 1. The summed E-state index contributed by atoms with van der Waals surface area (Å²) in [5.74, 6) is 0. The number of hydrogen-bond acceptors (Lipinski definition) is 4. The maximum Gasteiger partial charge on any atom is 0.314 e. The normalized spacial score (nSPS) is 24.5. The first kappa shape index (κ1) is 10.4. The van der Waals surface area contributed by atoms with E-state index in [0.717, 1.165) is 4.31 Å². The molecular weight excluding hydrogens is 203 g/mol. The van der Waals surface area contributed by atoms with Gasteiger partial charge in [-0.15, -0.1) is 0 Å². The maximum atomic E-state index is 12.6. The van der Waals surface area contributed by atoms with E-state index in [9.17, 15) is 17.6 Å². The van der Waals surface area contributed by atoms with Crippen molar-refractivity contribution in [2.75, 3.05) is 13.1 Å². The van der Waals surface area contributed by atoms with Crippen LogP contribution in [0.3, 0.4) is 0 Å². The van der Waals surface area contributed by atoms with E-state index < -0.39 is 16.4 Å². The number of alkyl halides is 1. The summed E-state index contributed by atoms with van der Waals surface area (Å²) in [6, 6.07) is 0. The van der Waals surface area contributed by atoms with Gasteiger partial charge < -0.3 is 4.84 Å². The molecule has 0 amide bonds. The smallest absolute Gasteiger partial charge is 0.314 e. The Morgan fingerprint density at radius 1 is 1.62 bits per heavy atom. The number of nitrogens with zero attached hydrogens (tertiary/aromatic N) is 1. The maximum absolute atomic E-state index is 12.6. The van der Waals surface area contributed by atoms with Crippen molar-refractivity contribution in [2.24, 2.45) is 0 Å². The Hall–Kier alpha value is -0.730. The van der Waals surface area contributed by atoms with Crippen LogP contribution in [0.25, 0.3) is 0 Å². The van der Waals surface area contributed by atoms with Gasteiger partial charge in [0, 0.05) is 13.1 Å². The Labute approximate surface area is 74.8 Å². The van der Waals surface area contributed by atoms with Crippen molar-refractivity contribution in [3.05, 3.63) is 0 Å². The van der Waals surface area contributed by atoms with Crippen LogP contribution in [0.1, 0.15) is 6.42 Å². The lowest BCUT2D eigenvalue weighted by atomic mass is 10.4. The van der Waals surface area contributed by atoms with E-state index >= 15 is 0 Å². The third-order valence-electron chi connectivity index (χ3n) is 1.63. The SMILES string of the molecule is O=CONS(=O)(=O)N1CCC(F)C1. The van der Waals surface area contributed by atoms with Crippen LogP contribution < -0.4 is 4.89 Å². The Morgan fingerprint density at radius 2 is 2.31 bits per heavy atom. The van der Waals surface area contributed by atoms with Gasteiger partial charge in [-0.1, -0.05) is 0 Å². The fraction of sp³-hybridized carbons (Fsp3) is 0.800. The van der Waals surface area contributed by atoms with Crippen molar-refractivity contribution < 1.29 is 22.4 Å². The van der Waals surface area contributed by atoms with E-state index in [4.69, 9.17) is 0 Å². The fourth-order valence-corrected chi connectivity index (χ4v) is 2.01. The van der Waals surface area contributed by atoms with Crippen LogP contribution in [0.5, 0.6) is 0 Å². The Balaban J connectivity index is 2.54. The van der Waals surface area contributed by atoms with Crippen LogP contribution in [0.2, 0.25) is 0 Å². The molecule has 1 unspecified atom stereocenters. The minimum absolute atomic E-state index is 0.0550. The van der Waals surface area contributed by atoms with Crippen molar-refractivity contribution >= 4 is 16.7 Å². The third-order valence-corrected chi connectivity index (χ3v) is 2.95. The van der Waals surface area contributed by atoms with Crippen LogP contribution in [0, 0.1) is 0 Å². The molecule has 0 spiro atoms. The van der Waals surface area contributed by atoms with Crippen molar-refractivity contribution in [3.8, 4) is 0 Å². The highest BCUT2D eigenvalue weighted by Gasteiger charge is 2.31. The van der Waals surface area contributed by atoms with Gasteiger partial charge in [-0.05, 0) is 11.3 Å². The molecule has 8 heteroatoms. The van der Waals surface area contributed by atoms with Gasteiger partial charge in [-0.2, -0.15) is 12.7 Å². The van der Waals surface area contributed by atoms with Crippen LogP contribution in [-0.4, -0.2) is 38.5 Å². The number of carbonyl (C=O) groups is 1. The molecule has 1 aliphatic heterocycles. The summed E-state index contributed by atoms with van der Waals surface area (Å²) in [4.78, 5) is 15.1. The molecule has 1 fully saturated rings. The minimum atomic E-state index is -3.87. The first-order valence-corrected chi connectivity index (χ1v) is 5.00. The Kier molecular flexibility index (Phi) is 3.17. The molecule has 6 nitrogen and oxygen atoms in total. The van der Waals surface area contributed by atoms with E-state index in [1.54, 1.807) is 0 Å². The molecule has 76 valence electrons. The molecule has 0 aromatic heterocycles. The summed E-state index contributed by atoms with van der Waals surface area (Å²) in [5.41, 5.74) is 0. The van der Waals surface area contributed by atoms with Gasteiger partial charge in [-0.3, -0.25) is 4.79 Å². The van der Waals surface area contributed by atoms with Crippen molar-refractivity contribution in [2.45, 2.75) is 12.6 Å². The molecule has 13 heavy (non-hydrogen) atoms. The molecule has 0 aromatic rings. The average molecular weight is 212 g/mol. The largest absolute Gasteiger partial charge is 0.358 e. The molecule has 1 saturated heterocycles. The molecular formula is C5H9FN2O4S. The molecule has 1 N–H and O–H groups in total. The molecule has 0 aromatic carbocycles. The minimum Gasteiger partial charge on any atom is -0.358 e. The Morgan fingerprint density at radius 3 is 2.77 bits per heavy atom. The summed E-state index contributed by atoms with van der Waals surface area (Å²) in [6.45, 7) is -0.156. The summed E-state index contributed by atoms with van der Waals surface area (Å²) >= 11 is 0. The second-order valence-corrected chi connectivity index (χ2v) is 4.18. The number of hydrogen-bond donors (Lipinski definition) is 1. The topological polar surface area (TPSA) is 75.7 Å². The number of nitrogens with one attached hydrogen (secondary N) is 1. The van der Waals surface area contributed by atoms with Gasteiger partial charge in [0.1, 0.15) is 6.17 Å². The summed E-state index contributed by atoms with van der Waals surface area (Å²) in [5, 5.41) is 0. The second kappa shape index (κ2) is 3.99. The zero-order chi connectivity index (χ0) is 9.90. The van der Waals surface area contributed by atoms with Crippen LogP contribution >= 0.6 is 0 Å². The van der Waals surface area contributed by atoms with Crippen molar-refractivity contribution in [1.29, 1.82) is 0 Å². The third kappa shape index (κ3) is 2.61. The first-order valence-electron chi connectivity index (χ1n) is 3.56. The van der Waals surface area contributed by atoms with Crippen molar-refractivity contribution in [3.63, 3.8) is 0 Å². The Bertz CT molecular complexity index is 280. The van der Waals surface area contributed by atoms with Gasteiger partial charge in [0.05, 0.1) is 0 Å². The van der Waals surface area contributed by atoms with Gasteiger partial charge >= 0.3 is 16.7 Å². The van der Waals surface area contributed by atoms with Crippen LogP contribution in [0.15, 0.2) is 0 Å². The molecule has 0 saturated carbocycles. The predicted molar refractivity (Wildman–Crippen MR) is 40.3 cm³/mol. The monoisotopic (exact) mass is 212 g/mol. The molecule has 0 bridgehead atoms. The van der Waals surface area contributed by atoms with Gasteiger partial charge in [-0.25, -0.2) is 4.39 Å². The molecule has 0 aliphatic carbocycles. The summed E-state index contributed by atoms with van der Waals surface area (Å²) in [7, 11) is -3.87. The standard InChI is InChI=1S/C5H9FN2O4S/c6-5-1-2-8(3-5)13(10,11)7-12-4-9/h4-5,7H,1-3H2. The van der Waals surface area contributed by atoms with E-state index in [1.165, 1.54) is 4.89 Å². The summed E-state index contributed by atoms with van der Waals surface area (Å²) < 4.78 is 35.7. The predicted octanol–water partition coefficient (Wildman–Crippen LogP) is -1.05. The highest BCUT2D eigenvalue weighted by Crippen LogP contribution is 2.14. The van der Waals surface area contributed by atoms with Crippen molar-refractivity contribution in [1.82, 2.24) is 9.19 Å². The number of halogens is 1. The van der Waals surface area contributed by atoms with E-state index in [-0.39, 0.29) is 26.0 Å². The number of rotatable bonds is 4. The average Bonchev–Trinajstić information content (AvgIpc) is 2.49. The van der Waals surface area contributed by atoms with Gasteiger partial charge in [0.25, 0.3) is 0 Å². The van der Waals surface area contributed by atoms with Gasteiger partial charge in [0.2, 0.25) is 0 Å². The van der Waals surface area contributed by atoms with E-state index in [2.05, 4.69) is 4.84 Å². The zero-order valence-electron chi connectivity index (χ0n) is 6.64. The zero-order valence-corrected chi connectivity index (χ0v) is 7.46. The quantitative estimate of drug-likeness (QED) is 0.476. The molecule has 1 heterocycles. The van der Waals surface area contributed by atoms with E-state index in [0.29, 0.717) is 0 Å². The van der Waals surface area contributed by atoms with Gasteiger partial charge in [0.15, 0.2) is 0 Å². The molecule has 1 aliphatic rings. The molecule has 0 radical (unpaired) electrons. The molecule has 1 rings (SSSR count). The lowest BCUT2D eigenvalue weighted by Crippen LogP contribution is -2.39.